The Hall–Kier alpha value is -7.42. The Bertz CT molecular complexity index is 3330. The van der Waals surface area contributed by atoms with Gasteiger partial charge < -0.3 is 9.32 Å². The van der Waals surface area contributed by atoms with Crippen LogP contribution in [-0.2, 0) is 18.3 Å². The number of aryl methyl sites for hydroxylation is 2. The molecule has 0 saturated carbocycles. The molecule has 0 bridgehead atoms. The van der Waals surface area contributed by atoms with Gasteiger partial charge in [-0.1, -0.05) is 164 Å². The number of rotatable bonds is 5. The van der Waals surface area contributed by atoms with E-state index in [-0.39, 0.29) is 0 Å². The van der Waals surface area contributed by atoms with Crippen molar-refractivity contribution in [2.45, 2.75) is 31.1 Å². The molecule has 61 heavy (non-hydrogen) atoms. The van der Waals surface area contributed by atoms with E-state index in [2.05, 4.69) is 205 Å². The van der Waals surface area contributed by atoms with Crippen molar-refractivity contribution >= 4 is 39.0 Å². The lowest BCUT2D eigenvalue weighted by Crippen LogP contribution is -2.26. The first-order valence-corrected chi connectivity index (χ1v) is 21.7. The quantitative estimate of drug-likeness (QED) is 0.173. The molecule has 2 heteroatoms. The molecule has 3 aliphatic carbocycles. The Morgan fingerprint density at radius 1 is 0.377 bits per heavy atom. The number of fused-ring (bicyclic) bond motifs is 14. The van der Waals surface area contributed by atoms with E-state index in [9.17, 15) is 0 Å². The van der Waals surface area contributed by atoms with Crippen LogP contribution in [0.15, 0.2) is 205 Å². The summed E-state index contributed by atoms with van der Waals surface area (Å²) in [7, 11) is 0. The zero-order valence-electron chi connectivity index (χ0n) is 33.7. The van der Waals surface area contributed by atoms with Crippen LogP contribution >= 0.6 is 0 Å². The van der Waals surface area contributed by atoms with Gasteiger partial charge >= 0.3 is 0 Å². The minimum absolute atomic E-state index is 0.490. The predicted molar refractivity (Wildman–Crippen MR) is 252 cm³/mol. The predicted octanol–water partition coefficient (Wildman–Crippen LogP) is 15.6. The molecule has 0 unspecified atom stereocenters. The summed E-state index contributed by atoms with van der Waals surface area (Å²) in [6, 6.07) is 74.5. The Labute approximate surface area is 356 Å². The third-order valence-electron chi connectivity index (χ3n) is 13.9. The van der Waals surface area contributed by atoms with E-state index in [1.165, 1.54) is 90.7 Å². The fourth-order valence-electron chi connectivity index (χ4n) is 11.2. The molecule has 1 heterocycles. The van der Waals surface area contributed by atoms with Gasteiger partial charge in [-0.2, -0.15) is 0 Å². The van der Waals surface area contributed by atoms with Crippen LogP contribution < -0.4 is 4.90 Å². The molecule has 10 aromatic rings. The normalized spacial score (nSPS) is 14.1. The maximum Gasteiger partial charge on any atom is 0.159 e. The Kier molecular flexibility index (Phi) is 7.51. The van der Waals surface area contributed by atoms with Gasteiger partial charge in [0, 0.05) is 22.0 Å². The lowest BCUT2D eigenvalue weighted by atomic mass is 9.70. The zero-order valence-corrected chi connectivity index (χ0v) is 33.7. The van der Waals surface area contributed by atoms with Crippen LogP contribution in [0.2, 0.25) is 0 Å². The highest BCUT2D eigenvalue weighted by Crippen LogP contribution is 2.64. The molecule has 0 amide bonds. The Morgan fingerprint density at radius 2 is 0.967 bits per heavy atom. The maximum absolute atomic E-state index is 6.91. The summed E-state index contributed by atoms with van der Waals surface area (Å²) in [6.45, 7) is 0. The van der Waals surface area contributed by atoms with Crippen LogP contribution in [-0.4, -0.2) is 0 Å². The van der Waals surface area contributed by atoms with Crippen molar-refractivity contribution < 1.29 is 4.42 Å². The number of hydrogen-bond donors (Lipinski definition) is 0. The first-order valence-electron chi connectivity index (χ1n) is 21.7. The molecule has 0 fully saturated rings. The number of furan rings is 1. The van der Waals surface area contributed by atoms with E-state index in [4.69, 9.17) is 4.42 Å². The van der Waals surface area contributed by atoms with Crippen molar-refractivity contribution in [2.24, 2.45) is 0 Å². The van der Waals surface area contributed by atoms with Gasteiger partial charge in [0.15, 0.2) is 5.58 Å². The molecular weight excluding hydrogens is 739 g/mol. The molecule has 0 saturated heterocycles. The highest BCUT2D eigenvalue weighted by Gasteiger charge is 2.52. The molecule has 0 radical (unpaired) electrons. The number of anilines is 3. The monoisotopic (exact) mass is 779 g/mol. The van der Waals surface area contributed by atoms with E-state index in [0.29, 0.717) is 0 Å². The van der Waals surface area contributed by atoms with Gasteiger partial charge in [-0.05, 0) is 134 Å². The minimum Gasteiger partial charge on any atom is -0.454 e. The number of nitrogens with zero attached hydrogens (tertiary/aromatic N) is 1. The third-order valence-corrected chi connectivity index (χ3v) is 13.9. The van der Waals surface area contributed by atoms with Gasteiger partial charge in [0.25, 0.3) is 0 Å². The molecule has 0 N–H and O–H groups in total. The van der Waals surface area contributed by atoms with Crippen LogP contribution in [0.25, 0.3) is 66.4 Å². The van der Waals surface area contributed by atoms with Crippen molar-refractivity contribution in [3.8, 4) is 44.5 Å². The number of hydrogen-bond acceptors (Lipinski definition) is 2. The van der Waals surface area contributed by atoms with Gasteiger partial charge in [-0.25, -0.2) is 0 Å². The summed E-state index contributed by atoms with van der Waals surface area (Å²) in [4.78, 5) is 2.48. The zero-order chi connectivity index (χ0) is 40.1. The average molecular weight is 780 g/mol. The van der Waals surface area contributed by atoms with Gasteiger partial charge in [0.2, 0.25) is 0 Å². The van der Waals surface area contributed by atoms with E-state index < -0.39 is 5.41 Å². The lowest BCUT2D eigenvalue weighted by molar-refractivity contribution is 0.669. The third kappa shape index (κ3) is 4.97. The molecule has 9 aromatic carbocycles. The first-order chi connectivity index (χ1) is 30.3. The van der Waals surface area contributed by atoms with Crippen molar-refractivity contribution in [1.29, 1.82) is 0 Å². The van der Waals surface area contributed by atoms with Gasteiger partial charge in [-0.15, -0.1) is 0 Å². The van der Waals surface area contributed by atoms with E-state index in [1.807, 2.05) is 0 Å². The van der Waals surface area contributed by atoms with Crippen LogP contribution in [0.4, 0.5) is 17.1 Å². The molecule has 2 nitrogen and oxygen atoms in total. The second-order valence-corrected chi connectivity index (χ2v) is 17.0. The average Bonchev–Trinajstić information content (AvgIpc) is 3.96. The summed E-state index contributed by atoms with van der Waals surface area (Å²) >= 11 is 0. The lowest BCUT2D eigenvalue weighted by Gasteiger charge is -2.33. The molecule has 0 aliphatic heterocycles. The highest BCUT2D eigenvalue weighted by atomic mass is 16.3. The topological polar surface area (TPSA) is 16.4 Å². The molecule has 3 aliphatic rings. The fourth-order valence-corrected chi connectivity index (χ4v) is 11.2. The summed E-state index contributed by atoms with van der Waals surface area (Å²) in [5.41, 5.74) is 22.8. The van der Waals surface area contributed by atoms with E-state index in [0.717, 1.165) is 51.8 Å². The Morgan fingerprint density at radius 3 is 1.70 bits per heavy atom. The smallest absolute Gasteiger partial charge is 0.159 e. The van der Waals surface area contributed by atoms with Gasteiger partial charge in [-0.3, -0.25) is 0 Å². The maximum atomic E-state index is 6.91. The van der Waals surface area contributed by atoms with Gasteiger partial charge in [0.1, 0.15) is 5.58 Å². The van der Waals surface area contributed by atoms with E-state index in [1.54, 1.807) is 0 Å². The van der Waals surface area contributed by atoms with Crippen LogP contribution in [0, 0.1) is 0 Å². The minimum atomic E-state index is -0.490. The number of benzene rings is 9. The van der Waals surface area contributed by atoms with Crippen molar-refractivity contribution in [3.05, 3.63) is 234 Å². The highest BCUT2D eigenvalue weighted by molar-refractivity contribution is 6.11. The molecule has 288 valence electrons. The van der Waals surface area contributed by atoms with Crippen LogP contribution in [0.1, 0.15) is 46.2 Å². The summed E-state index contributed by atoms with van der Waals surface area (Å²) in [5, 5.41) is 2.23. The summed E-state index contributed by atoms with van der Waals surface area (Å²) in [6.07, 6.45) is 4.75. The first kappa shape index (κ1) is 34.4. The van der Waals surface area contributed by atoms with E-state index >= 15 is 0 Å². The molecule has 0 atom stereocenters. The number of para-hydroxylation sites is 2. The molecule has 1 aromatic heterocycles. The summed E-state index contributed by atoms with van der Waals surface area (Å²) in [5.74, 6) is 0. The second-order valence-electron chi connectivity index (χ2n) is 17.0. The van der Waals surface area contributed by atoms with Crippen molar-refractivity contribution in [1.82, 2.24) is 0 Å². The summed E-state index contributed by atoms with van der Waals surface area (Å²) < 4.78 is 6.91. The Balaban J connectivity index is 1.15. The largest absolute Gasteiger partial charge is 0.454 e. The van der Waals surface area contributed by atoms with Crippen LogP contribution in [0.3, 0.4) is 0 Å². The molecular formula is C59H41NO. The SMILES string of the molecule is c1ccc(-c2ccc(N(c3cc4c(cc3-c3ccc5c(c3)CCCC5)-c3ccccc3C43c4ccccc4-c4ccccc43)c3cccc4c3oc3ccccc34)cc2)cc1. The fraction of sp³-hybridized carbons (Fsp3) is 0.0847. The standard InChI is InChI=1S/C59H41NO/c1-2-15-38(16-3-1)40-31-33-43(34-32-40)60(55-27-14-23-48-47-22-9-13-28-57(47)61-58(48)55)56-37-54-50(36-49(56)42-30-29-39-17-4-5-18-41(39)35-42)46-21-8-12-26-53(46)59(54)51-24-10-6-19-44(51)45-20-7-11-25-52(45)59/h1-3,6-16,19-37H,4-5,17-18H2. The van der Waals surface area contributed by atoms with Crippen molar-refractivity contribution in [2.75, 3.05) is 4.90 Å². The molecule has 13 rings (SSSR count). The van der Waals surface area contributed by atoms with Gasteiger partial charge in [0.05, 0.1) is 16.8 Å². The second kappa shape index (κ2) is 13.3. The van der Waals surface area contributed by atoms with Crippen LogP contribution in [0.5, 0.6) is 0 Å². The molecule has 1 spiro atoms. The van der Waals surface area contributed by atoms with Crippen molar-refractivity contribution in [3.63, 3.8) is 0 Å².